The second-order valence-corrected chi connectivity index (χ2v) is 4.96. The standard InChI is InChI=1S/C11H7BrClN5/c1-6-16-10(13)8-5-15-18(11(8)17-6)9-3-2-7(12)4-14-9/h2-5H,1H3. The third-order valence-corrected chi connectivity index (χ3v) is 3.18. The van der Waals surface area contributed by atoms with Crippen molar-refractivity contribution in [2.75, 3.05) is 0 Å². The van der Waals surface area contributed by atoms with Gasteiger partial charge in [0.2, 0.25) is 0 Å². The number of rotatable bonds is 1. The zero-order valence-corrected chi connectivity index (χ0v) is 11.6. The van der Waals surface area contributed by atoms with E-state index in [0.717, 1.165) is 4.47 Å². The van der Waals surface area contributed by atoms with Crippen LogP contribution in [0.3, 0.4) is 0 Å². The molecule has 0 fully saturated rings. The summed E-state index contributed by atoms with van der Waals surface area (Å²) < 4.78 is 2.55. The maximum atomic E-state index is 6.06. The number of nitrogens with zero attached hydrogens (tertiary/aromatic N) is 5. The minimum absolute atomic E-state index is 0.404. The molecule has 5 nitrogen and oxygen atoms in total. The van der Waals surface area contributed by atoms with Crippen LogP contribution in [-0.4, -0.2) is 24.7 Å². The first-order valence-electron chi connectivity index (χ1n) is 5.15. The average Bonchev–Trinajstić information content (AvgIpc) is 2.74. The smallest absolute Gasteiger partial charge is 0.169 e. The molecule has 0 aromatic carbocycles. The molecule has 0 atom stereocenters. The molecule has 0 saturated carbocycles. The van der Waals surface area contributed by atoms with Crippen molar-refractivity contribution in [3.63, 3.8) is 0 Å². The van der Waals surface area contributed by atoms with Gasteiger partial charge in [-0.1, -0.05) is 11.6 Å². The summed E-state index contributed by atoms with van der Waals surface area (Å²) in [4.78, 5) is 12.7. The molecule has 0 aliphatic carbocycles. The largest absolute Gasteiger partial charge is 0.236 e. The maximum absolute atomic E-state index is 6.06. The van der Waals surface area contributed by atoms with E-state index in [0.29, 0.717) is 27.8 Å². The molecule has 0 bridgehead atoms. The molecule has 18 heavy (non-hydrogen) atoms. The van der Waals surface area contributed by atoms with Gasteiger partial charge in [0.05, 0.1) is 11.6 Å². The summed E-state index contributed by atoms with van der Waals surface area (Å²) in [6, 6.07) is 3.74. The zero-order chi connectivity index (χ0) is 12.7. The van der Waals surface area contributed by atoms with E-state index in [9.17, 15) is 0 Å². The van der Waals surface area contributed by atoms with Gasteiger partial charge in [-0.3, -0.25) is 0 Å². The van der Waals surface area contributed by atoms with Crippen LogP contribution >= 0.6 is 27.5 Å². The second kappa shape index (κ2) is 4.29. The summed E-state index contributed by atoms with van der Waals surface area (Å²) in [7, 11) is 0. The molecule has 3 rings (SSSR count). The minimum atomic E-state index is 0.404. The Hall–Kier alpha value is -1.53. The summed E-state index contributed by atoms with van der Waals surface area (Å²) in [5.74, 6) is 1.29. The van der Waals surface area contributed by atoms with E-state index in [-0.39, 0.29) is 0 Å². The summed E-state index contributed by atoms with van der Waals surface area (Å²) in [5, 5.41) is 5.37. The van der Waals surface area contributed by atoms with Crippen molar-refractivity contribution in [2.45, 2.75) is 6.92 Å². The van der Waals surface area contributed by atoms with E-state index in [2.05, 4.69) is 36.0 Å². The summed E-state index contributed by atoms with van der Waals surface area (Å²) in [6.45, 7) is 1.79. The highest BCUT2D eigenvalue weighted by molar-refractivity contribution is 9.10. The van der Waals surface area contributed by atoms with Gasteiger partial charge in [0.1, 0.15) is 11.0 Å². The van der Waals surface area contributed by atoms with Crippen LogP contribution in [0.15, 0.2) is 29.0 Å². The number of aryl methyl sites for hydroxylation is 1. The summed E-state index contributed by atoms with van der Waals surface area (Å²) in [6.07, 6.45) is 3.35. The Balaban J connectivity index is 2.27. The molecule has 0 aliphatic heterocycles. The van der Waals surface area contributed by atoms with E-state index in [1.807, 2.05) is 12.1 Å². The molecule has 0 saturated heterocycles. The molecular weight excluding hydrogens is 318 g/mol. The fourth-order valence-electron chi connectivity index (χ4n) is 1.64. The molecule has 90 valence electrons. The Bertz CT molecular complexity index is 722. The lowest BCUT2D eigenvalue weighted by Crippen LogP contribution is -2.01. The lowest BCUT2D eigenvalue weighted by atomic mass is 10.4. The Morgan fingerprint density at radius 3 is 2.78 bits per heavy atom. The number of aromatic nitrogens is 5. The molecule has 7 heteroatoms. The van der Waals surface area contributed by atoms with Crippen LogP contribution in [0, 0.1) is 6.92 Å². The molecule has 0 unspecified atom stereocenters. The topological polar surface area (TPSA) is 56.5 Å². The van der Waals surface area contributed by atoms with Crippen LogP contribution in [0.5, 0.6) is 0 Å². The third-order valence-electron chi connectivity index (χ3n) is 2.42. The fourth-order valence-corrected chi connectivity index (χ4v) is 2.13. The van der Waals surface area contributed by atoms with Gasteiger partial charge in [-0.2, -0.15) is 9.78 Å². The van der Waals surface area contributed by atoms with Gasteiger partial charge in [-0.05, 0) is 35.0 Å². The van der Waals surface area contributed by atoms with E-state index < -0.39 is 0 Å². The van der Waals surface area contributed by atoms with Gasteiger partial charge in [-0.15, -0.1) is 0 Å². The van der Waals surface area contributed by atoms with Crippen molar-refractivity contribution >= 4 is 38.6 Å². The predicted molar refractivity (Wildman–Crippen MR) is 71.9 cm³/mol. The van der Waals surface area contributed by atoms with E-state index in [1.165, 1.54) is 0 Å². The van der Waals surface area contributed by atoms with E-state index in [1.54, 1.807) is 24.0 Å². The zero-order valence-electron chi connectivity index (χ0n) is 9.30. The first-order valence-corrected chi connectivity index (χ1v) is 6.32. The Morgan fingerprint density at radius 1 is 1.22 bits per heavy atom. The van der Waals surface area contributed by atoms with Crippen LogP contribution in [-0.2, 0) is 0 Å². The monoisotopic (exact) mass is 323 g/mol. The number of hydrogen-bond acceptors (Lipinski definition) is 4. The SMILES string of the molecule is Cc1nc(Cl)c2cnn(-c3ccc(Br)cn3)c2n1. The van der Waals surface area contributed by atoms with Gasteiger partial charge < -0.3 is 0 Å². The van der Waals surface area contributed by atoms with Gasteiger partial charge >= 0.3 is 0 Å². The predicted octanol–water partition coefficient (Wildman–Crippen LogP) is 2.93. The number of hydrogen-bond donors (Lipinski definition) is 0. The van der Waals surface area contributed by atoms with Crippen molar-refractivity contribution in [1.82, 2.24) is 24.7 Å². The lowest BCUT2D eigenvalue weighted by Gasteiger charge is -2.02. The molecule has 0 aliphatic rings. The van der Waals surface area contributed by atoms with Crippen molar-refractivity contribution in [2.24, 2.45) is 0 Å². The van der Waals surface area contributed by atoms with Crippen LogP contribution < -0.4 is 0 Å². The van der Waals surface area contributed by atoms with Gasteiger partial charge in [0.15, 0.2) is 11.5 Å². The van der Waals surface area contributed by atoms with Crippen LogP contribution in [0.2, 0.25) is 5.15 Å². The highest BCUT2D eigenvalue weighted by Crippen LogP contribution is 2.22. The molecule has 3 aromatic rings. The lowest BCUT2D eigenvalue weighted by molar-refractivity contribution is 0.857. The van der Waals surface area contributed by atoms with Gasteiger partial charge in [0.25, 0.3) is 0 Å². The van der Waals surface area contributed by atoms with Crippen molar-refractivity contribution in [3.05, 3.63) is 40.0 Å². The van der Waals surface area contributed by atoms with Crippen molar-refractivity contribution < 1.29 is 0 Å². The highest BCUT2D eigenvalue weighted by atomic mass is 79.9. The summed E-state index contributed by atoms with van der Waals surface area (Å²) in [5.41, 5.74) is 0.655. The molecule has 0 amide bonds. The first-order chi connectivity index (χ1) is 8.65. The Labute approximate surface area is 116 Å². The van der Waals surface area contributed by atoms with E-state index >= 15 is 0 Å². The molecule has 3 heterocycles. The Kier molecular flexibility index (Phi) is 2.76. The van der Waals surface area contributed by atoms with Crippen molar-refractivity contribution in [1.29, 1.82) is 0 Å². The number of pyridine rings is 1. The normalized spacial score (nSPS) is 11.1. The number of fused-ring (bicyclic) bond motifs is 1. The Morgan fingerprint density at radius 2 is 2.06 bits per heavy atom. The maximum Gasteiger partial charge on any atom is 0.169 e. The third kappa shape index (κ3) is 1.87. The number of halogens is 2. The van der Waals surface area contributed by atoms with Crippen LogP contribution in [0.4, 0.5) is 0 Å². The average molecular weight is 325 g/mol. The molecule has 3 aromatic heterocycles. The molecule has 0 N–H and O–H groups in total. The highest BCUT2D eigenvalue weighted by Gasteiger charge is 2.11. The summed E-state index contributed by atoms with van der Waals surface area (Å²) >= 11 is 9.40. The second-order valence-electron chi connectivity index (χ2n) is 3.69. The van der Waals surface area contributed by atoms with Crippen LogP contribution in [0.1, 0.15) is 5.82 Å². The molecule has 0 radical (unpaired) electrons. The first kappa shape index (κ1) is 11.6. The van der Waals surface area contributed by atoms with Crippen LogP contribution in [0.25, 0.3) is 16.9 Å². The quantitative estimate of drug-likeness (QED) is 0.646. The van der Waals surface area contributed by atoms with Gasteiger partial charge in [-0.25, -0.2) is 15.0 Å². The van der Waals surface area contributed by atoms with Crippen molar-refractivity contribution in [3.8, 4) is 5.82 Å². The fraction of sp³-hybridized carbons (Fsp3) is 0.0909. The van der Waals surface area contributed by atoms with Gasteiger partial charge in [0, 0.05) is 10.7 Å². The van der Waals surface area contributed by atoms with E-state index in [4.69, 9.17) is 11.6 Å². The molecule has 0 spiro atoms. The molecular formula is C11H7BrClN5. The minimum Gasteiger partial charge on any atom is -0.236 e.